The number of benzene rings is 1. The van der Waals surface area contributed by atoms with Crippen LogP contribution in [0, 0.1) is 6.92 Å². The average molecular weight is 401 g/mol. The molecule has 3 aromatic rings. The Kier molecular flexibility index (Phi) is 5.88. The first-order valence-corrected chi connectivity index (χ1v) is 9.48. The number of anilines is 1. The molecule has 0 unspecified atom stereocenters. The minimum atomic E-state index is -0.405. The van der Waals surface area contributed by atoms with E-state index in [2.05, 4.69) is 10.3 Å². The van der Waals surface area contributed by atoms with Gasteiger partial charge >= 0.3 is 5.97 Å². The van der Waals surface area contributed by atoms with Crippen molar-refractivity contribution in [2.24, 2.45) is 0 Å². The van der Waals surface area contributed by atoms with Crippen molar-refractivity contribution in [3.63, 3.8) is 0 Å². The largest absolute Gasteiger partial charge is 0.462 e. The molecule has 2 heterocycles. The third-order valence-electron chi connectivity index (χ3n) is 3.84. The second-order valence-corrected chi connectivity index (χ2v) is 7.21. The van der Waals surface area contributed by atoms with Crippen LogP contribution < -0.4 is 5.32 Å². The van der Waals surface area contributed by atoms with Gasteiger partial charge in [-0.05, 0) is 55.8 Å². The fraction of sp³-hybridized carbons (Fsp3) is 0.150. The van der Waals surface area contributed by atoms with Gasteiger partial charge < -0.3 is 10.1 Å². The van der Waals surface area contributed by atoms with Gasteiger partial charge in [-0.25, -0.2) is 4.79 Å². The molecular formula is C20H17ClN2O3S. The van der Waals surface area contributed by atoms with Crippen molar-refractivity contribution in [1.82, 2.24) is 4.98 Å². The lowest BCUT2D eigenvalue weighted by Gasteiger charge is -2.07. The summed E-state index contributed by atoms with van der Waals surface area (Å²) in [7, 11) is 0. The normalized spacial score (nSPS) is 10.5. The predicted octanol–water partition coefficient (Wildman–Crippen LogP) is 5.20. The van der Waals surface area contributed by atoms with E-state index in [0.29, 0.717) is 33.3 Å². The maximum Gasteiger partial charge on any atom is 0.338 e. The summed E-state index contributed by atoms with van der Waals surface area (Å²) in [4.78, 5) is 29.8. The Balaban J connectivity index is 1.85. The predicted molar refractivity (Wildman–Crippen MR) is 108 cm³/mol. The van der Waals surface area contributed by atoms with E-state index in [0.717, 1.165) is 10.4 Å². The van der Waals surface area contributed by atoms with Crippen molar-refractivity contribution >= 4 is 40.5 Å². The SMILES string of the molecule is CCOC(=O)c1ccc(Cl)c(-c2ccc(C(=O)Nc3ccncc3C)s2)c1. The van der Waals surface area contributed by atoms with Gasteiger partial charge in [0.05, 0.1) is 17.0 Å². The topological polar surface area (TPSA) is 68.3 Å². The third-order valence-corrected chi connectivity index (χ3v) is 5.29. The van der Waals surface area contributed by atoms with Crippen LogP contribution in [0.15, 0.2) is 48.8 Å². The Hall–Kier alpha value is -2.70. The first-order valence-electron chi connectivity index (χ1n) is 8.28. The molecule has 27 heavy (non-hydrogen) atoms. The summed E-state index contributed by atoms with van der Waals surface area (Å²) in [5.41, 5.74) is 2.70. The molecule has 1 amide bonds. The lowest BCUT2D eigenvalue weighted by molar-refractivity contribution is 0.0526. The Morgan fingerprint density at radius 1 is 1.22 bits per heavy atom. The highest BCUT2D eigenvalue weighted by Gasteiger charge is 2.15. The number of hydrogen-bond donors (Lipinski definition) is 1. The van der Waals surface area contributed by atoms with Gasteiger partial charge in [0, 0.05) is 33.5 Å². The molecule has 2 aromatic heterocycles. The van der Waals surface area contributed by atoms with Gasteiger partial charge in [-0.15, -0.1) is 11.3 Å². The first-order chi connectivity index (χ1) is 13.0. The minimum absolute atomic E-state index is 0.210. The number of hydrogen-bond acceptors (Lipinski definition) is 5. The Bertz CT molecular complexity index is 1000. The minimum Gasteiger partial charge on any atom is -0.462 e. The van der Waals surface area contributed by atoms with Gasteiger partial charge in [0.2, 0.25) is 0 Å². The average Bonchev–Trinajstić information content (AvgIpc) is 3.14. The maximum absolute atomic E-state index is 12.5. The molecule has 7 heteroatoms. The second kappa shape index (κ2) is 8.33. The van der Waals surface area contributed by atoms with Crippen LogP contribution in [0.1, 0.15) is 32.5 Å². The fourth-order valence-corrected chi connectivity index (χ4v) is 3.66. The van der Waals surface area contributed by atoms with Gasteiger partial charge in [-0.2, -0.15) is 0 Å². The molecule has 0 aliphatic carbocycles. The van der Waals surface area contributed by atoms with Crippen LogP contribution in [0.25, 0.3) is 10.4 Å². The number of aromatic nitrogens is 1. The lowest BCUT2D eigenvalue weighted by Crippen LogP contribution is -2.11. The highest BCUT2D eigenvalue weighted by Crippen LogP contribution is 2.34. The van der Waals surface area contributed by atoms with Gasteiger partial charge in [-0.1, -0.05) is 11.6 Å². The molecule has 1 N–H and O–H groups in total. The number of carbonyl (C=O) groups excluding carboxylic acids is 2. The number of nitrogens with one attached hydrogen (secondary N) is 1. The molecule has 0 atom stereocenters. The monoisotopic (exact) mass is 400 g/mol. The number of aryl methyl sites for hydroxylation is 1. The van der Waals surface area contributed by atoms with Crippen LogP contribution in [0.3, 0.4) is 0 Å². The Morgan fingerprint density at radius 2 is 2.04 bits per heavy atom. The number of rotatable bonds is 5. The second-order valence-electron chi connectivity index (χ2n) is 5.72. The van der Waals surface area contributed by atoms with Crippen LogP contribution in [-0.4, -0.2) is 23.5 Å². The summed E-state index contributed by atoms with van der Waals surface area (Å²) in [5, 5.41) is 3.38. The van der Waals surface area contributed by atoms with Gasteiger partial charge in [-0.3, -0.25) is 9.78 Å². The molecular weight excluding hydrogens is 384 g/mol. The quantitative estimate of drug-likeness (QED) is 0.597. The van der Waals surface area contributed by atoms with Gasteiger partial charge in [0.1, 0.15) is 0 Å². The number of esters is 1. The van der Waals surface area contributed by atoms with Crippen molar-refractivity contribution in [3.8, 4) is 10.4 Å². The van der Waals surface area contributed by atoms with Crippen LogP contribution in [-0.2, 0) is 4.74 Å². The van der Waals surface area contributed by atoms with Gasteiger partial charge in [0.15, 0.2) is 0 Å². The number of nitrogens with zero attached hydrogens (tertiary/aromatic N) is 1. The maximum atomic E-state index is 12.5. The van der Waals surface area contributed by atoms with E-state index in [-0.39, 0.29) is 5.91 Å². The van der Waals surface area contributed by atoms with Crippen molar-refractivity contribution in [2.75, 3.05) is 11.9 Å². The van der Waals surface area contributed by atoms with Crippen molar-refractivity contribution < 1.29 is 14.3 Å². The van der Waals surface area contributed by atoms with Crippen molar-refractivity contribution in [2.45, 2.75) is 13.8 Å². The molecule has 0 fully saturated rings. The van der Waals surface area contributed by atoms with Crippen LogP contribution in [0.5, 0.6) is 0 Å². The number of halogens is 1. The summed E-state index contributed by atoms with van der Waals surface area (Å²) >= 11 is 7.60. The number of carbonyl (C=O) groups is 2. The summed E-state index contributed by atoms with van der Waals surface area (Å²) < 4.78 is 5.03. The zero-order valence-corrected chi connectivity index (χ0v) is 16.4. The third kappa shape index (κ3) is 4.35. The summed E-state index contributed by atoms with van der Waals surface area (Å²) in [5.74, 6) is -0.615. The summed E-state index contributed by atoms with van der Waals surface area (Å²) in [6, 6.07) is 10.3. The van der Waals surface area contributed by atoms with E-state index in [1.165, 1.54) is 11.3 Å². The summed E-state index contributed by atoms with van der Waals surface area (Å²) in [6.45, 7) is 3.93. The molecule has 0 spiro atoms. The highest BCUT2D eigenvalue weighted by molar-refractivity contribution is 7.17. The van der Waals surface area contributed by atoms with E-state index in [1.54, 1.807) is 49.6 Å². The zero-order chi connectivity index (χ0) is 19.4. The van der Waals surface area contributed by atoms with E-state index < -0.39 is 5.97 Å². The van der Waals surface area contributed by atoms with E-state index in [9.17, 15) is 9.59 Å². The van der Waals surface area contributed by atoms with Crippen LogP contribution in [0.4, 0.5) is 5.69 Å². The molecule has 0 saturated carbocycles. The molecule has 0 saturated heterocycles. The van der Waals surface area contributed by atoms with Crippen molar-refractivity contribution in [3.05, 3.63) is 69.8 Å². The number of thiophene rings is 1. The standard InChI is InChI=1S/C20H17ClN2O3S/c1-3-26-20(25)13-4-5-15(21)14(10-13)17-6-7-18(27-17)19(24)23-16-8-9-22-11-12(16)2/h4-11H,3H2,1-2H3,(H,22,23,24). The Labute approximate surface area is 166 Å². The van der Waals surface area contributed by atoms with E-state index >= 15 is 0 Å². The fourth-order valence-electron chi connectivity index (χ4n) is 2.46. The van der Waals surface area contributed by atoms with E-state index in [1.807, 2.05) is 13.0 Å². The smallest absolute Gasteiger partial charge is 0.338 e. The molecule has 0 aliphatic rings. The summed E-state index contributed by atoms with van der Waals surface area (Å²) in [6.07, 6.45) is 3.32. The van der Waals surface area contributed by atoms with E-state index in [4.69, 9.17) is 16.3 Å². The highest BCUT2D eigenvalue weighted by atomic mass is 35.5. The molecule has 0 radical (unpaired) electrons. The first kappa shape index (κ1) is 19.1. The van der Waals surface area contributed by atoms with Gasteiger partial charge in [0.25, 0.3) is 5.91 Å². The molecule has 138 valence electrons. The number of pyridine rings is 1. The molecule has 1 aromatic carbocycles. The Morgan fingerprint density at radius 3 is 2.78 bits per heavy atom. The molecule has 3 rings (SSSR count). The lowest BCUT2D eigenvalue weighted by atomic mass is 10.1. The number of amides is 1. The molecule has 5 nitrogen and oxygen atoms in total. The molecule has 0 bridgehead atoms. The zero-order valence-electron chi connectivity index (χ0n) is 14.8. The van der Waals surface area contributed by atoms with Crippen LogP contribution >= 0.6 is 22.9 Å². The van der Waals surface area contributed by atoms with Crippen molar-refractivity contribution in [1.29, 1.82) is 0 Å². The number of ether oxygens (including phenoxy) is 1. The molecule has 0 aliphatic heterocycles. The van der Waals surface area contributed by atoms with Crippen LogP contribution in [0.2, 0.25) is 5.02 Å².